The predicted octanol–water partition coefficient (Wildman–Crippen LogP) is 17.4. The summed E-state index contributed by atoms with van der Waals surface area (Å²) in [5.74, 6) is 9.66. The van der Waals surface area contributed by atoms with Crippen LogP contribution in [0.25, 0.3) is 0 Å². The number of allylic oxidation sites excluding steroid dienone is 13. The van der Waals surface area contributed by atoms with Gasteiger partial charge in [0.25, 0.3) is 14.1 Å². The molecule has 11 atom stereocenters. The van der Waals surface area contributed by atoms with Gasteiger partial charge in [0.2, 0.25) is 0 Å². The molecule has 316 valence electrons. The molecule has 0 amide bonds. The van der Waals surface area contributed by atoms with Crippen LogP contribution in [0.2, 0.25) is 15.8 Å². The normalized spacial score (nSPS) is 29.0. The minimum atomic E-state index is -0.710. The molecule has 0 radical (unpaired) electrons. The van der Waals surface area contributed by atoms with E-state index >= 15 is 0 Å². The Morgan fingerprint density at radius 3 is 1.19 bits per heavy atom. The van der Waals surface area contributed by atoms with Gasteiger partial charge in [-0.25, -0.2) is 0 Å². The van der Waals surface area contributed by atoms with E-state index in [1.165, 1.54) is 128 Å². The Morgan fingerprint density at radius 1 is 0.509 bits per heavy atom. The molecule has 0 bridgehead atoms. The van der Waals surface area contributed by atoms with Gasteiger partial charge in [0, 0.05) is 0 Å². The second-order valence-corrected chi connectivity index (χ2v) is 22.5. The minimum absolute atomic E-state index is 0. The molecule has 0 aliphatic heterocycles. The Kier molecular flexibility index (Phi) is 29.6. The van der Waals surface area contributed by atoms with Crippen LogP contribution in [0.1, 0.15) is 163 Å². The molecule has 0 N–H and O–H groups in total. The first kappa shape index (κ1) is 52.5. The van der Waals surface area contributed by atoms with Gasteiger partial charge in [-0.3, -0.25) is 0 Å². The first-order valence-electron chi connectivity index (χ1n) is 24.4. The average molecular weight is 845 g/mol. The summed E-state index contributed by atoms with van der Waals surface area (Å²) in [6, 6.07) is 0. The van der Waals surface area contributed by atoms with Crippen LogP contribution in [-0.2, 0) is 19.5 Å². The van der Waals surface area contributed by atoms with Gasteiger partial charge in [-0.15, -0.1) is 6.58 Å². The molecule has 0 heterocycles. The maximum absolute atomic E-state index is 4.15. The third-order valence-electron chi connectivity index (χ3n) is 15.0. The first-order chi connectivity index (χ1) is 27.2. The van der Waals surface area contributed by atoms with Crippen LogP contribution in [0.15, 0.2) is 85.6 Å². The van der Waals surface area contributed by atoms with Crippen molar-refractivity contribution in [3.8, 4) is 0 Å². The van der Waals surface area contributed by atoms with Crippen LogP contribution in [0, 0.1) is 78.9 Å². The molecule has 0 spiro atoms. The van der Waals surface area contributed by atoms with Crippen LogP contribution < -0.4 is 0 Å². The van der Waals surface area contributed by atoms with Gasteiger partial charge < -0.3 is 13.8 Å². The van der Waals surface area contributed by atoms with E-state index in [1.54, 1.807) is 15.8 Å². The Morgan fingerprint density at radius 2 is 0.895 bits per heavy atom. The molecule has 0 aromatic carbocycles. The van der Waals surface area contributed by atoms with E-state index in [1.807, 2.05) is 0 Å². The smallest absolute Gasteiger partial charge is 0.340 e. The minimum Gasteiger partial charge on any atom is -0.340 e. The fourth-order valence-electron chi connectivity index (χ4n) is 10.7. The molecule has 57 heavy (non-hydrogen) atoms. The Bertz CT molecular complexity index is 1150. The third-order valence-corrected chi connectivity index (χ3v) is 19.1. The topological polar surface area (TPSA) is 0 Å². The first-order valence-corrected chi connectivity index (χ1v) is 26.9. The molecule has 6 rings (SSSR count). The average Bonchev–Trinajstić information content (AvgIpc) is 3.27. The molecule has 6 aliphatic carbocycles. The van der Waals surface area contributed by atoms with Crippen molar-refractivity contribution in [2.75, 3.05) is 0 Å². The zero-order valence-corrected chi connectivity index (χ0v) is 42.6. The quantitative estimate of drug-likeness (QED) is 0.0928. The number of hydrogen-bond donors (Lipinski definition) is 0. The fourth-order valence-corrected chi connectivity index (χ4v) is 15.7. The van der Waals surface area contributed by atoms with Gasteiger partial charge in [-0.2, -0.15) is 11.8 Å². The standard InChI is InChI=1S/2C10H17.3C9H15.C8H12.Al.Zn/c2*1-3-9(2)10-7-5-4-6-8-10;3*1-8(2)9-6-4-3-5-7-9;1-2-8-6-4-3-5-7-8;;/h2*4-5,9-10H,2-3,6-8H2,1H3;3*3-4,8-9H,1,5-7H2,2H3;2-4,8H,1,5-7H2;;/q;-1;;;-1;;;+2. The second-order valence-electron chi connectivity index (χ2n) is 19.3. The number of hydrogen-bond acceptors (Lipinski definition) is 0. The summed E-state index contributed by atoms with van der Waals surface area (Å²) in [4.78, 5) is 0. The molecule has 0 saturated heterocycles. The van der Waals surface area contributed by atoms with E-state index in [-0.39, 0.29) is 19.5 Å². The predicted molar refractivity (Wildman–Crippen MR) is 255 cm³/mol. The summed E-state index contributed by atoms with van der Waals surface area (Å²) >= 11 is -0.710. The molecule has 0 aromatic rings. The maximum atomic E-state index is 4.15. The van der Waals surface area contributed by atoms with E-state index in [2.05, 4.69) is 134 Å². The summed E-state index contributed by atoms with van der Waals surface area (Å²) in [6.45, 7) is 24.1. The van der Waals surface area contributed by atoms with Crippen LogP contribution in [0.3, 0.4) is 0 Å². The molecule has 6 aliphatic rings. The van der Waals surface area contributed by atoms with E-state index in [0.717, 1.165) is 53.3 Å². The Labute approximate surface area is 374 Å². The summed E-state index contributed by atoms with van der Waals surface area (Å²) in [6.07, 6.45) is 57.0. The van der Waals surface area contributed by atoms with Crippen molar-refractivity contribution >= 4 is 14.1 Å². The van der Waals surface area contributed by atoms with E-state index in [4.69, 9.17) is 0 Å². The molecule has 0 aromatic heterocycles. The second kappa shape index (κ2) is 32.1. The zero-order chi connectivity index (χ0) is 40.4. The van der Waals surface area contributed by atoms with Crippen molar-refractivity contribution in [1.29, 1.82) is 0 Å². The van der Waals surface area contributed by atoms with Crippen molar-refractivity contribution < 1.29 is 19.5 Å². The van der Waals surface area contributed by atoms with Gasteiger partial charge in [-0.05, 0) is 139 Å². The van der Waals surface area contributed by atoms with E-state index < -0.39 is 14.1 Å². The van der Waals surface area contributed by atoms with E-state index in [0.29, 0.717) is 11.8 Å². The summed E-state index contributed by atoms with van der Waals surface area (Å²) < 4.78 is 0. The van der Waals surface area contributed by atoms with Crippen LogP contribution in [0.4, 0.5) is 0 Å². The largest absolute Gasteiger partial charge is 2.00 e. The Balaban J connectivity index is 0.000000323. The van der Waals surface area contributed by atoms with Crippen LogP contribution >= 0.6 is 0 Å². The summed E-state index contributed by atoms with van der Waals surface area (Å²) in [5.41, 5.74) is 0. The third kappa shape index (κ3) is 21.6. The maximum Gasteiger partial charge on any atom is 2.00 e. The Hall–Kier alpha value is -0.664. The van der Waals surface area contributed by atoms with Crippen LogP contribution in [-0.4, -0.2) is 14.1 Å². The molecule has 0 nitrogen and oxygen atoms in total. The number of rotatable bonds is 14. The summed E-state index contributed by atoms with van der Waals surface area (Å²) in [7, 11) is 0. The molecule has 11 unspecified atom stereocenters. The molecular formula is C55H91AlZn. The van der Waals surface area contributed by atoms with Crippen molar-refractivity contribution in [3.63, 3.8) is 0 Å². The van der Waals surface area contributed by atoms with Crippen molar-refractivity contribution in [3.05, 3.63) is 99.4 Å². The van der Waals surface area contributed by atoms with Crippen molar-refractivity contribution in [1.82, 2.24) is 0 Å². The van der Waals surface area contributed by atoms with E-state index in [9.17, 15) is 0 Å². The SMILES string of the molecule is C=CC1CC=CCC1.CCC([CH2][Al]([CH2]C(C)C1CC=CCC1)[CH2]C(C)C1CC=CCC1)C1CC=CCC1.[CH2-]C(C)C1CC=CCC1.[CH2-]C(CC)C1CC=CCC1.[Zn+2]. The molecule has 0 saturated carbocycles. The molecule has 0 fully saturated rings. The van der Waals surface area contributed by atoms with Gasteiger partial charge in [0.05, 0.1) is 0 Å². The van der Waals surface area contributed by atoms with Crippen molar-refractivity contribution in [2.24, 2.45) is 65.1 Å². The molecule has 2 heteroatoms. The van der Waals surface area contributed by atoms with Crippen LogP contribution in [0.5, 0.6) is 0 Å². The van der Waals surface area contributed by atoms with Gasteiger partial charge in [0.1, 0.15) is 0 Å². The van der Waals surface area contributed by atoms with Crippen molar-refractivity contribution in [2.45, 2.75) is 179 Å². The monoisotopic (exact) mass is 843 g/mol. The van der Waals surface area contributed by atoms with Gasteiger partial charge in [0.15, 0.2) is 0 Å². The fraction of sp³-hybridized carbons (Fsp3) is 0.709. The zero-order valence-electron chi connectivity index (χ0n) is 38.5. The summed E-state index contributed by atoms with van der Waals surface area (Å²) in [5, 5.41) is 4.86. The molecular weight excluding hydrogens is 753 g/mol. The van der Waals surface area contributed by atoms with Gasteiger partial charge in [-0.1, -0.05) is 172 Å². The van der Waals surface area contributed by atoms with Gasteiger partial charge >= 0.3 is 19.5 Å².